The van der Waals surface area contributed by atoms with E-state index < -0.39 is 22.2 Å². The summed E-state index contributed by atoms with van der Waals surface area (Å²) in [5.41, 5.74) is 21.7. The third kappa shape index (κ3) is 9.70. The van der Waals surface area contributed by atoms with Crippen molar-refractivity contribution in [3.8, 4) is 0 Å². The van der Waals surface area contributed by atoms with Gasteiger partial charge >= 0.3 is 17.9 Å². The number of hydrogen-bond donors (Lipinski definition) is 2. The number of anilines is 4. The van der Waals surface area contributed by atoms with Gasteiger partial charge in [0.1, 0.15) is 22.6 Å². The summed E-state index contributed by atoms with van der Waals surface area (Å²) in [6, 6.07) is 10.1. The van der Waals surface area contributed by atoms with Gasteiger partial charge in [-0.05, 0) is 85.2 Å². The zero-order valence-corrected chi connectivity index (χ0v) is 29.0. The number of amides is 2. The smallest absolute Gasteiger partial charge is 0.410 e. The van der Waals surface area contributed by atoms with E-state index in [4.69, 9.17) is 26.5 Å². The van der Waals surface area contributed by atoms with E-state index in [1.54, 1.807) is 48.8 Å². The highest BCUT2D eigenvalue weighted by molar-refractivity contribution is 5.80. The zero-order valence-electron chi connectivity index (χ0n) is 29.0. The molecule has 2 aliphatic heterocycles. The summed E-state index contributed by atoms with van der Waals surface area (Å²) in [4.78, 5) is 45.5. The molecule has 4 rings (SSSR count). The molecule has 2 aromatic rings. The quantitative estimate of drug-likeness (QED) is 0.0930. The van der Waals surface area contributed by atoms with Crippen LogP contribution in [-0.4, -0.2) is 89.5 Å². The van der Waals surface area contributed by atoms with Gasteiger partial charge in [-0.2, -0.15) is 0 Å². The molecule has 262 valence electrons. The van der Waals surface area contributed by atoms with Crippen molar-refractivity contribution in [1.82, 2.24) is 9.80 Å². The maximum absolute atomic E-state index is 12.3. The minimum atomic E-state index is -0.587. The summed E-state index contributed by atoms with van der Waals surface area (Å²) >= 11 is 0. The Kier molecular flexibility index (Phi) is 11.8. The number of nitrogens with zero attached hydrogens (tertiary/aromatic N) is 8. The maximum atomic E-state index is 12.3. The molecule has 0 bridgehead atoms. The molecule has 16 nitrogen and oxygen atoms in total. The number of piperazine rings is 2. The Bertz CT molecular complexity index is 1530. The molecule has 2 saturated heterocycles. The van der Waals surface area contributed by atoms with Gasteiger partial charge in [-0.1, -0.05) is 17.2 Å². The predicted molar refractivity (Wildman–Crippen MR) is 186 cm³/mol. The van der Waals surface area contributed by atoms with Gasteiger partial charge in [0.05, 0.1) is 22.0 Å². The van der Waals surface area contributed by atoms with E-state index in [1.807, 2.05) is 51.7 Å². The molecule has 0 saturated carbocycles. The van der Waals surface area contributed by atoms with Crippen LogP contribution in [0.5, 0.6) is 0 Å². The second-order valence-electron chi connectivity index (χ2n) is 13.8. The van der Waals surface area contributed by atoms with Crippen molar-refractivity contribution in [3.63, 3.8) is 0 Å². The van der Waals surface area contributed by atoms with Crippen LogP contribution in [0.3, 0.4) is 0 Å². The summed E-state index contributed by atoms with van der Waals surface area (Å²) in [6.07, 6.45) is -0.665. The first-order chi connectivity index (χ1) is 22.3. The van der Waals surface area contributed by atoms with Crippen LogP contribution in [0.15, 0.2) is 41.5 Å². The maximum Gasteiger partial charge on any atom is 0.410 e. The van der Waals surface area contributed by atoms with Crippen LogP contribution in [0.2, 0.25) is 0 Å². The Labute approximate surface area is 281 Å². The first-order valence-corrected chi connectivity index (χ1v) is 15.8. The average molecular weight is 669 g/mol. The number of nitro benzene ring substituents is 1. The second kappa shape index (κ2) is 15.2. The molecule has 2 aromatic carbocycles. The zero-order chi connectivity index (χ0) is 36.0. The number of nitrogens with two attached hydrogens (primary N) is 2. The number of nitro groups is 1. The number of ether oxygens (including phenoxy) is 2. The molecule has 2 fully saturated rings. The lowest BCUT2D eigenvalue weighted by atomic mass is 10.1. The standard InChI is InChI=1S/C16H22N6O4.C16H26N4O2/c1-11-10-20(8-9-21(11)15(23)26-16(2,3)4)13-7-5-6-12(18-19-17)14(13)22(24)25;1-11-10-19(13-7-5-6-12(17)14(13)18)8-9-20(11)15(21)22-16(2,3)4/h5-7,11H,8-10H2,1-4H3;5-7,11H,8-10,17-18H2,1-4H3/t2*11-/m00/s1. The summed E-state index contributed by atoms with van der Waals surface area (Å²) < 4.78 is 10.9. The van der Waals surface area contributed by atoms with Crippen molar-refractivity contribution < 1.29 is 24.0 Å². The molecule has 16 heteroatoms. The molecular weight excluding hydrogens is 620 g/mol. The predicted octanol–water partition coefficient (Wildman–Crippen LogP) is 6.28. The van der Waals surface area contributed by atoms with Crippen molar-refractivity contribution >= 4 is 46.3 Å². The number of hydrogen-bond acceptors (Lipinski definition) is 11. The number of benzene rings is 2. The molecule has 0 aromatic heterocycles. The number of para-hydroxylation sites is 2. The van der Waals surface area contributed by atoms with Crippen LogP contribution in [0.4, 0.5) is 43.7 Å². The highest BCUT2D eigenvalue weighted by Gasteiger charge is 2.34. The molecule has 2 atom stereocenters. The summed E-state index contributed by atoms with van der Waals surface area (Å²) in [7, 11) is 0. The van der Waals surface area contributed by atoms with Crippen LogP contribution < -0.4 is 21.3 Å². The fourth-order valence-electron chi connectivity index (χ4n) is 5.47. The monoisotopic (exact) mass is 668 g/mol. The third-order valence-electron chi connectivity index (χ3n) is 7.64. The molecule has 0 spiro atoms. The number of carbonyl (C=O) groups excluding carboxylic acids is 2. The Morgan fingerprint density at radius 3 is 1.75 bits per heavy atom. The van der Waals surface area contributed by atoms with Gasteiger partial charge < -0.3 is 40.5 Å². The van der Waals surface area contributed by atoms with Gasteiger partial charge in [0.15, 0.2) is 0 Å². The largest absolute Gasteiger partial charge is 0.444 e. The van der Waals surface area contributed by atoms with Crippen LogP contribution in [0.25, 0.3) is 10.4 Å². The van der Waals surface area contributed by atoms with E-state index in [-0.39, 0.29) is 29.6 Å². The van der Waals surface area contributed by atoms with Crippen LogP contribution in [-0.2, 0) is 9.47 Å². The number of azide groups is 1. The summed E-state index contributed by atoms with van der Waals surface area (Å²) in [5, 5.41) is 14.9. The first-order valence-electron chi connectivity index (χ1n) is 15.8. The third-order valence-corrected chi connectivity index (χ3v) is 7.64. The highest BCUT2D eigenvalue weighted by Crippen LogP contribution is 2.38. The Morgan fingerprint density at radius 2 is 1.31 bits per heavy atom. The minimum absolute atomic E-state index is 0.0303. The van der Waals surface area contributed by atoms with Crippen molar-refractivity contribution in [1.29, 1.82) is 0 Å². The van der Waals surface area contributed by atoms with Gasteiger partial charge in [-0.25, -0.2) is 9.59 Å². The molecule has 48 heavy (non-hydrogen) atoms. The van der Waals surface area contributed by atoms with Gasteiger partial charge in [-0.3, -0.25) is 10.1 Å². The van der Waals surface area contributed by atoms with Crippen molar-refractivity contribution in [3.05, 3.63) is 57.0 Å². The molecule has 2 aliphatic rings. The molecule has 2 amide bonds. The summed E-state index contributed by atoms with van der Waals surface area (Å²) in [5.74, 6) is 0. The molecule has 2 heterocycles. The second-order valence-corrected chi connectivity index (χ2v) is 13.8. The van der Waals surface area contributed by atoms with Crippen LogP contribution in [0.1, 0.15) is 55.4 Å². The lowest BCUT2D eigenvalue weighted by Gasteiger charge is -2.41. The highest BCUT2D eigenvalue weighted by atomic mass is 16.6. The molecule has 4 N–H and O–H groups in total. The molecule has 0 unspecified atom stereocenters. The molecule has 0 radical (unpaired) electrons. The van der Waals surface area contributed by atoms with Crippen LogP contribution in [0, 0.1) is 10.1 Å². The number of carbonyl (C=O) groups is 2. The first kappa shape index (κ1) is 37.3. The fraction of sp³-hybridized carbons (Fsp3) is 0.562. The van der Waals surface area contributed by atoms with Crippen molar-refractivity contribution in [2.75, 3.05) is 60.5 Å². The Morgan fingerprint density at radius 1 is 0.854 bits per heavy atom. The van der Waals surface area contributed by atoms with Crippen LogP contribution >= 0.6 is 0 Å². The van der Waals surface area contributed by atoms with Gasteiger partial charge in [0.25, 0.3) is 0 Å². The number of rotatable bonds is 4. The van der Waals surface area contributed by atoms with E-state index >= 15 is 0 Å². The topological polar surface area (TPSA) is 210 Å². The number of nitrogen functional groups attached to an aromatic ring is 2. The van der Waals surface area contributed by atoms with Gasteiger partial charge in [0, 0.05) is 56.3 Å². The normalized spacial score (nSPS) is 18.2. The van der Waals surface area contributed by atoms with E-state index in [2.05, 4.69) is 14.9 Å². The van der Waals surface area contributed by atoms with Crippen molar-refractivity contribution in [2.24, 2.45) is 5.11 Å². The Balaban J connectivity index is 0.000000264. The van der Waals surface area contributed by atoms with Gasteiger partial charge in [-0.15, -0.1) is 0 Å². The fourth-order valence-corrected chi connectivity index (χ4v) is 5.47. The molecular formula is C32H48N10O6. The van der Waals surface area contributed by atoms with E-state index in [0.717, 1.165) is 5.69 Å². The van der Waals surface area contributed by atoms with Gasteiger partial charge in [0.2, 0.25) is 0 Å². The van der Waals surface area contributed by atoms with E-state index in [9.17, 15) is 19.7 Å². The average Bonchev–Trinajstić information content (AvgIpc) is 2.97. The van der Waals surface area contributed by atoms with Crippen molar-refractivity contribution in [2.45, 2.75) is 78.7 Å². The minimum Gasteiger partial charge on any atom is -0.444 e. The SMILES string of the molecule is C[C@H]1CN(c2cccc(N)c2N)CCN1C(=O)OC(C)(C)C.C[C@H]1CN(c2cccc(N=[N+]=[N-])c2[N+](=O)[O-])CCN1C(=O)OC(C)(C)C. The lowest BCUT2D eigenvalue weighted by molar-refractivity contribution is -0.383. The summed E-state index contributed by atoms with van der Waals surface area (Å²) in [6.45, 7) is 18.1. The van der Waals surface area contributed by atoms with E-state index in [1.165, 1.54) is 6.07 Å². The Hall–Kier alpha value is -5.11. The lowest BCUT2D eigenvalue weighted by Crippen LogP contribution is -2.55. The molecule has 0 aliphatic carbocycles. The van der Waals surface area contributed by atoms with E-state index in [0.29, 0.717) is 56.3 Å².